The lowest BCUT2D eigenvalue weighted by molar-refractivity contribution is 0.351. The van der Waals surface area contributed by atoms with Crippen LogP contribution in [0.2, 0.25) is 0 Å². The summed E-state index contributed by atoms with van der Waals surface area (Å²) in [5, 5.41) is 0. The SMILES string of the molecule is CC1=CC(F)C(C)N=C1. The molecule has 1 aliphatic heterocycles. The summed E-state index contributed by atoms with van der Waals surface area (Å²) in [6.45, 7) is 3.62. The van der Waals surface area contributed by atoms with Crippen molar-refractivity contribution in [1.82, 2.24) is 0 Å². The quantitative estimate of drug-likeness (QED) is 0.470. The average molecular weight is 127 g/mol. The highest BCUT2D eigenvalue weighted by molar-refractivity contribution is 5.79. The van der Waals surface area contributed by atoms with Crippen molar-refractivity contribution in [1.29, 1.82) is 0 Å². The van der Waals surface area contributed by atoms with Crippen LogP contribution in [0.4, 0.5) is 4.39 Å². The molecule has 50 valence electrons. The topological polar surface area (TPSA) is 12.4 Å². The molecular formula is C7H10FN. The van der Waals surface area contributed by atoms with Gasteiger partial charge in [0.05, 0.1) is 6.04 Å². The van der Waals surface area contributed by atoms with Crippen molar-refractivity contribution in [3.05, 3.63) is 11.6 Å². The maximum atomic E-state index is 12.6. The van der Waals surface area contributed by atoms with Gasteiger partial charge < -0.3 is 0 Å². The molecule has 0 fully saturated rings. The van der Waals surface area contributed by atoms with Gasteiger partial charge in [0.15, 0.2) is 0 Å². The van der Waals surface area contributed by atoms with Gasteiger partial charge in [-0.15, -0.1) is 0 Å². The summed E-state index contributed by atoms with van der Waals surface area (Å²) >= 11 is 0. The monoisotopic (exact) mass is 127 g/mol. The van der Waals surface area contributed by atoms with E-state index in [-0.39, 0.29) is 6.04 Å². The summed E-state index contributed by atoms with van der Waals surface area (Å²) in [7, 11) is 0. The predicted octanol–water partition coefficient (Wildman–Crippen LogP) is 1.74. The third-order valence-electron chi connectivity index (χ3n) is 1.40. The van der Waals surface area contributed by atoms with Crippen LogP contribution >= 0.6 is 0 Å². The van der Waals surface area contributed by atoms with Crippen LogP contribution in [0.5, 0.6) is 0 Å². The number of aliphatic imine (C=N–C) groups is 1. The molecule has 0 amide bonds. The average Bonchev–Trinajstić information content (AvgIpc) is 1.80. The molecule has 1 aliphatic rings. The van der Waals surface area contributed by atoms with Gasteiger partial charge in [-0.2, -0.15) is 0 Å². The highest BCUT2D eigenvalue weighted by Crippen LogP contribution is 2.11. The summed E-state index contributed by atoms with van der Waals surface area (Å²) < 4.78 is 12.6. The lowest BCUT2D eigenvalue weighted by atomic mass is 10.1. The minimum absolute atomic E-state index is 0.186. The normalized spacial score (nSPS) is 34.3. The summed E-state index contributed by atoms with van der Waals surface area (Å²) in [4.78, 5) is 3.92. The molecule has 0 bridgehead atoms. The Morgan fingerprint density at radius 1 is 1.67 bits per heavy atom. The van der Waals surface area contributed by atoms with Crippen molar-refractivity contribution in [2.24, 2.45) is 4.99 Å². The summed E-state index contributed by atoms with van der Waals surface area (Å²) in [6, 6.07) is -0.186. The second-order valence-corrected chi connectivity index (χ2v) is 2.37. The third kappa shape index (κ3) is 1.37. The van der Waals surface area contributed by atoms with Crippen molar-refractivity contribution in [3.8, 4) is 0 Å². The Kier molecular flexibility index (Phi) is 1.65. The van der Waals surface area contributed by atoms with Gasteiger partial charge in [0.1, 0.15) is 6.17 Å². The van der Waals surface area contributed by atoms with Crippen LogP contribution in [-0.4, -0.2) is 18.4 Å². The molecule has 2 unspecified atom stereocenters. The van der Waals surface area contributed by atoms with Crippen LogP contribution in [0.1, 0.15) is 13.8 Å². The number of nitrogens with zero attached hydrogens (tertiary/aromatic N) is 1. The number of allylic oxidation sites excluding steroid dienone is 1. The van der Waals surface area contributed by atoms with Gasteiger partial charge in [-0.05, 0) is 25.5 Å². The first-order valence-corrected chi connectivity index (χ1v) is 3.06. The Morgan fingerprint density at radius 3 is 2.78 bits per heavy atom. The number of hydrogen-bond acceptors (Lipinski definition) is 1. The van der Waals surface area contributed by atoms with Gasteiger partial charge in [0.2, 0.25) is 0 Å². The van der Waals surface area contributed by atoms with Gasteiger partial charge in [0.25, 0.3) is 0 Å². The fourth-order valence-corrected chi connectivity index (χ4v) is 0.751. The molecule has 0 N–H and O–H groups in total. The zero-order chi connectivity index (χ0) is 6.85. The highest BCUT2D eigenvalue weighted by atomic mass is 19.1. The molecular weight excluding hydrogens is 117 g/mol. The largest absolute Gasteiger partial charge is 0.287 e. The van der Waals surface area contributed by atoms with Crippen molar-refractivity contribution in [2.45, 2.75) is 26.1 Å². The number of hydrogen-bond donors (Lipinski definition) is 0. The van der Waals surface area contributed by atoms with Gasteiger partial charge in [0, 0.05) is 6.21 Å². The van der Waals surface area contributed by atoms with Gasteiger partial charge >= 0.3 is 0 Å². The van der Waals surface area contributed by atoms with E-state index >= 15 is 0 Å². The second-order valence-electron chi connectivity index (χ2n) is 2.37. The van der Waals surface area contributed by atoms with Crippen LogP contribution < -0.4 is 0 Å². The molecule has 0 saturated heterocycles. The van der Waals surface area contributed by atoms with Crippen molar-refractivity contribution in [3.63, 3.8) is 0 Å². The first-order valence-electron chi connectivity index (χ1n) is 3.06. The molecule has 0 radical (unpaired) electrons. The van der Waals surface area contributed by atoms with E-state index in [0.717, 1.165) is 5.57 Å². The zero-order valence-corrected chi connectivity index (χ0v) is 5.63. The van der Waals surface area contributed by atoms with Gasteiger partial charge in [-0.1, -0.05) is 0 Å². The molecule has 2 heteroatoms. The van der Waals surface area contributed by atoms with Crippen LogP contribution in [-0.2, 0) is 0 Å². The maximum Gasteiger partial charge on any atom is 0.141 e. The van der Waals surface area contributed by atoms with E-state index in [1.165, 1.54) is 0 Å². The Balaban J connectivity index is 2.70. The van der Waals surface area contributed by atoms with Crippen molar-refractivity contribution in [2.75, 3.05) is 0 Å². The molecule has 0 aliphatic carbocycles. The minimum atomic E-state index is -0.880. The van der Waals surface area contributed by atoms with E-state index in [9.17, 15) is 4.39 Å². The Labute approximate surface area is 54.3 Å². The number of dihydropyridines is 1. The van der Waals surface area contributed by atoms with Crippen molar-refractivity contribution < 1.29 is 4.39 Å². The Bertz CT molecular complexity index is 160. The molecule has 1 nitrogen and oxygen atoms in total. The van der Waals surface area contributed by atoms with Crippen LogP contribution in [0.25, 0.3) is 0 Å². The fraction of sp³-hybridized carbons (Fsp3) is 0.571. The zero-order valence-electron chi connectivity index (χ0n) is 5.63. The smallest absolute Gasteiger partial charge is 0.141 e. The molecule has 0 saturated carbocycles. The van der Waals surface area contributed by atoms with Crippen molar-refractivity contribution >= 4 is 6.21 Å². The number of alkyl halides is 1. The minimum Gasteiger partial charge on any atom is -0.287 e. The molecule has 1 heterocycles. The van der Waals surface area contributed by atoms with E-state index in [1.807, 2.05) is 6.92 Å². The predicted molar refractivity (Wildman–Crippen MR) is 36.6 cm³/mol. The van der Waals surface area contributed by atoms with E-state index in [4.69, 9.17) is 0 Å². The van der Waals surface area contributed by atoms with Crippen LogP contribution in [0.3, 0.4) is 0 Å². The lowest BCUT2D eigenvalue weighted by Crippen LogP contribution is -2.17. The molecule has 0 aromatic heterocycles. The highest BCUT2D eigenvalue weighted by Gasteiger charge is 2.14. The Morgan fingerprint density at radius 2 is 2.33 bits per heavy atom. The molecule has 1 rings (SSSR count). The molecule has 0 aromatic carbocycles. The first kappa shape index (κ1) is 6.46. The molecule has 0 spiro atoms. The maximum absolute atomic E-state index is 12.6. The van der Waals surface area contributed by atoms with Gasteiger partial charge in [-0.25, -0.2) is 4.39 Å². The van der Waals surface area contributed by atoms with E-state index in [1.54, 1.807) is 19.2 Å². The number of rotatable bonds is 0. The molecule has 9 heavy (non-hydrogen) atoms. The van der Waals surface area contributed by atoms with Gasteiger partial charge in [-0.3, -0.25) is 4.99 Å². The second kappa shape index (κ2) is 2.29. The lowest BCUT2D eigenvalue weighted by Gasteiger charge is -2.12. The standard InChI is InChI=1S/C7H10FN/c1-5-3-7(8)6(2)9-4-5/h3-4,6-7H,1-2H3. The van der Waals surface area contributed by atoms with E-state index in [2.05, 4.69) is 4.99 Å². The number of halogens is 1. The van der Waals surface area contributed by atoms with Crippen LogP contribution in [0.15, 0.2) is 16.6 Å². The summed E-state index contributed by atoms with van der Waals surface area (Å²) in [6.07, 6.45) is 2.42. The summed E-state index contributed by atoms with van der Waals surface area (Å²) in [5.41, 5.74) is 0.917. The third-order valence-corrected chi connectivity index (χ3v) is 1.40. The first-order chi connectivity index (χ1) is 4.20. The van der Waals surface area contributed by atoms with E-state index in [0.29, 0.717) is 0 Å². The molecule has 2 atom stereocenters. The Hall–Kier alpha value is -0.660. The fourth-order valence-electron chi connectivity index (χ4n) is 0.751. The van der Waals surface area contributed by atoms with E-state index < -0.39 is 6.17 Å². The molecule has 0 aromatic rings. The summed E-state index contributed by atoms with van der Waals surface area (Å²) in [5.74, 6) is 0. The van der Waals surface area contributed by atoms with Crippen LogP contribution in [0, 0.1) is 0 Å².